The summed E-state index contributed by atoms with van der Waals surface area (Å²) in [7, 11) is 0. The summed E-state index contributed by atoms with van der Waals surface area (Å²) < 4.78 is 0. The summed E-state index contributed by atoms with van der Waals surface area (Å²) >= 11 is 0. The van der Waals surface area contributed by atoms with Gasteiger partial charge < -0.3 is 0 Å². The topological polar surface area (TPSA) is 0 Å². The molecule has 0 nitrogen and oxygen atoms in total. The van der Waals surface area contributed by atoms with Crippen molar-refractivity contribution in [3.8, 4) is 0 Å². The van der Waals surface area contributed by atoms with Gasteiger partial charge in [0.25, 0.3) is 0 Å². The summed E-state index contributed by atoms with van der Waals surface area (Å²) in [6.45, 7) is 12.4. The van der Waals surface area contributed by atoms with Gasteiger partial charge in [0.15, 0.2) is 0 Å². The van der Waals surface area contributed by atoms with Crippen molar-refractivity contribution >= 4 is 0 Å². The molecule has 2 saturated carbocycles. The van der Waals surface area contributed by atoms with Crippen LogP contribution in [0.2, 0.25) is 0 Å². The van der Waals surface area contributed by atoms with Crippen LogP contribution in [0.4, 0.5) is 0 Å². The summed E-state index contributed by atoms with van der Waals surface area (Å²) in [5.74, 6) is 4.96. The molecule has 0 heteroatoms. The van der Waals surface area contributed by atoms with Crippen LogP contribution < -0.4 is 0 Å². The van der Waals surface area contributed by atoms with Crippen molar-refractivity contribution in [3.63, 3.8) is 0 Å². The van der Waals surface area contributed by atoms with Gasteiger partial charge in [-0.05, 0) is 60.7 Å². The Bertz CT molecular complexity index is 286. The zero-order valence-electron chi connectivity index (χ0n) is 14.8. The van der Waals surface area contributed by atoms with E-state index in [4.69, 9.17) is 0 Å². The van der Waals surface area contributed by atoms with Gasteiger partial charge >= 0.3 is 0 Å². The zero-order valence-corrected chi connectivity index (χ0v) is 14.8. The number of unbranched alkanes of at least 4 members (excludes halogenated alkanes) is 1. The molecule has 0 aromatic heterocycles. The minimum atomic E-state index is 0.699. The van der Waals surface area contributed by atoms with Crippen molar-refractivity contribution in [2.45, 2.75) is 92.4 Å². The highest BCUT2D eigenvalue weighted by Gasteiger charge is 2.54. The molecular weight excluding hydrogens is 240 g/mol. The van der Waals surface area contributed by atoms with Crippen LogP contribution >= 0.6 is 0 Å². The predicted molar refractivity (Wildman–Crippen MR) is 89.8 cm³/mol. The summed E-state index contributed by atoms with van der Waals surface area (Å²) in [5.41, 5.74) is 0.699. The molecule has 0 bridgehead atoms. The van der Waals surface area contributed by atoms with E-state index in [1.54, 1.807) is 0 Å². The third-order valence-electron chi connectivity index (χ3n) is 7.20. The molecule has 0 spiro atoms. The van der Waals surface area contributed by atoms with Gasteiger partial charge in [-0.3, -0.25) is 0 Å². The molecule has 0 saturated heterocycles. The minimum Gasteiger partial charge on any atom is -0.0654 e. The SMILES string of the molecule is CCCCC1(C2CCC(C)CC2)C(C)CC(C)C1CC. The highest BCUT2D eigenvalue weighted by molar-refractivity contribution is 5.03. The third-order valence-corrected chi connectivity index (χ3v) is 7.20. The standard InChI is InChI=1S/C20H38/c1-6-8-13-20(18-11-9-15(3)10-12-18)17(5)14-16(4)19(20)7-2/h15-19H,6-14H2,1-5H3. The monoisotopic (exact) mass is 278 g/mol. The van der Waals surface area contributed by atoms with Crippen LogP contribution in [0.25, 0.3) is 0 Å². The number of rotatable bonds is 5. The highest BCUT2D eigenvalue weighted by atomic mass is 14.6. The lowest BCUT2D eigenvalue weighted by molar-refractivity contribution is 0.00208. The molecule has 4 unspecified atom stereocenters. The fourth-order valence-corrected chi connectivity index (χ4v) is 6.24. The average molecular weight is 279 g/mol. The molecule has 118 valence electrons. The molecule has 0 heterocycles. The van der Waals surface area contributed by atoms with Crippen LogP contribution in [0.1, 0.15) is 92.4 Å². The maximum absolute atomic E-state index is 2.60. The van der Waals surface area contributed by atoms with Crippen molar-refractivity contribution in [1.82, 2.24) is 0 Å². The Morgan fingerprint density at radius 3 is 2.15 bits per heavy atom. The Labute approximate surface area is 128 Å². The first-order valence-electron chi connectivity index (χ1n) is 9.56. The van der Waals surface area contributed by atoms with Gasteiger partial charge in [-0.1, -0.05) is 66.7 Å². The van der Waals surface area contributed by atoms with E-state index >= 15 is 0 Å². The molecule has 4 atom stereocenters. The smallest absolute Gasteiger partial charge is 0.0213 e. The van der Waals surface area contributed by atoms with Crippen LogP contribution in [0, 0.1) is 35.0 Å². The second-order valence-corrected chi connectivity index (χ2v) is 8.30. The molecule has 0 aromatic rings. The van der Waals surface area contributed by atoms with Crippen LogP contribution in [0.5, 0.6) is 0 Å². The molecule has 2 aliphatic carbocycles. The zero-order chi connectivity index (χ0) is 14.8. The van der Waals surface area contributed by atoms with Gasteiger partial charge in [-0.15, -0.1) is 0 Å². The summed E-state index contributed by atoms with van der Waals surface area (Å²) in [6, 6.07) is 0. The fourth-order valence-electron chi connectivity index (χ4n) is 6.24. The average Bonchev–Trinajstić information content (AvgIpc) is 2.68. The van der Waals surface area contributed by atoms with Crippen LogP contribution in [0.3, 0.4) is 0 Å². The molecule has 0 N–H and O–H groups in total. The minimum absolute atomic E-state index is 0.699. The van der Waals surface area contributed by atoms with Crippen molar-refractivity contribution < 1.29 is 0 Å². The molecule has 0 radical (unpaired) electrons. The lowest BCUT2D eigenvalue weighted by atomic mass is 9.56. The van der Waals surface area contributed by atoms with Crippen molar-refractivity contribution in [2.24, 2.45) is 35.0 Å². The molecule has 2 aliphatic rings. The van der Waals surface area contributed by atoms with E-state index < -0.39 is 0 Å². The van der Waals surface area contributed by atoms with E-state index in [9.17, 15) is 0 Å². The lowest BCUT2D eigenvalue weighted by Crippen LogP contribution is -2.41. The number of hydrogen-bond acceptors (Lipinski definition) is 0. The molecule has 0 amide bonds. The van der Waals surface area contributed by atoms with E-state index in [1.165, 1.54) is 57.8 Å². The van der Waals surface area contributed by atoms with E-state index in [2.05, 4.69) is 34.6 Å². The molecule has 0 aliphatic heterocycles. The Kier molecular flexibility index (Phi) is 5.60. The van der Waals surface area contributed by atoms with Gasteiger partial charge in [0.1, 0.15) is 0 Å². The summed E-state index contributed by atoms with van der Waals surface area (Å²) in [6.07, 6.45) is 13.3. The van der Waals surface area contributed by atoms with Gasteiger partial charge in [-0.2, -0.15) is 0 Å². The first-order chi connectivity index (χ1) is 9.56. The first kappa shape index (κ1) is 16.4. The molecule has 20 heavy (non-hydrogen) atoms. The van der Waals surface area contributed by atoms with Crippen molar-refractivity contribution in [1.29, 1.82) is 0 Å². The van der Waals surface area contributed by atoms with Crippen LogP contribution in [0.15, 0.2) is 0 Å². The molecule has 0 aromatic carbocycles. The number of hydrogen-bond donors (Lipinski definition) is 0. The molecule has 2 fully saturated rings. The predicted octanol–water partition coefficient (Wildman–Crippen LogP) is 6.69. The van der Waals surface area contributed by atoms with E-state index in [-0.39, 0.29) is 0 Å². The third kappa shape index (κ3) is 2.81. The highest BCUT2D eigenvalue weighted by Crippen LogP contribution is 2.62. The van der Waals surface area contributed by atoms with Crippen LogP contribution in [-0.2, 0) is 0 Å². The largest absolute Gasteiger partial charge is 0.0654 e. The van der Waals surface area contributed by atoms with E-state index in [0.29, 0.717) is 5.41 Å². The fraction of sp³-hybridized carbons (Fsp3) is 1.00. The normalized spacial score (nSPS) is 45.8. The summed E-state index contributed by atoms with van der Waals surface area (Å²) in [4.78, 5) is 0. The Balaban J connectivity index is 2.24. The second-order valence-electron chi connectivity index (χ2n) is 8.30. The van der Waals surface area contributed by atoms with Gasteiger partial charge in [0, 0.05) is 0 Å². The Morgan fingerprint density at radius 1 is 0.950 bits per heavy atom. The van der Waals surface area contributed by atoms with Crippen LogP contribution in [-0.4, -0.2) is 0 Å². The maximum atomic E-state index is 2.60. The first-order valence-corrected chi connectivity index (χ1v) is 9.56. The van der Waals surface area contributed by atoms with Gasteiger partial charge in [0.05, 0.1) is 0 Å². The Hall–Kier alpha value is 0. The second kappa shape index (κ2) is 6.84. The molecular formula is C20H38. The molecule has 2 rings (SSSR count). The van der Waals surface area contributed by atoms with Crippen molar-refractivity contribution in [2.75, 3.05) is 0 Å². The van der Waals surface area contributed by atoms with Gasteiger partial charge in [0.2, 0.25) is 0 Å². The van der Waals surface area contributed by atoms with Crippen molar-refractivity contribution in [3.05, 3.63) is 0 Å². The maximum Gasteiger partial charge on any atom is -0.0213 e. The van der Waals surface area contributed by atoms with E-state index in [1.807, 2.05) is 0 Å². The van der Waals surface area contributed by atoms with Gasteiger partial charge in [-0.25, -0.2) is 0 Å². The quantitative estimate of drug-likeness (QED) is 0.525. The van der Waals surface area contributed by atoms with E-state index in [0.717, 1.165) is 29.6 Å². The Morgan fingerprint density at radius 2 is 1.60 bits per heavy atom. The lowest BCUT2D eigenvalue weighted by Gasteiger charge is -2.49. The summed E-state index contributed by atoms with van der Waals surface area (Å²) in [5, 5.41) is 0.